The quantitative estimate of drug-likeness (QED) is 0.177. The molecule has 0 amide bonds. The van der Waals surface area contributed by atoms with Crippen LogP contribution in [0.4, 0.5) is 34.1 Å². The van der Waals surface area contributed by atoms with E-state index in [4.69, 9.17) is 4.42 Å². The Morgan fingerprint density at radius 3 is 0.882 bits per heavy atom. The third kappa shape index (κ3) is 5.30. The first-order valence-electron chi connectivity index (χ1n) is 17.6. The van der Waals surface area contributed by atoms with Crippen LogP contribution in [0.1, 0.15) is 22.3 Å². The second kappa shape index (κ2) is 12.2. The summed E-state index contributed by atoms with van der Waals surface area (Å²) >= 11 is 0. The van der Waals surface area contributed by atoms with E-state index in [0.717, 1.165) is 77.6 Å². The number of hydrogen-bond donors (Lipinski definition) is 0. The number of benzene rings is 8. The van der Waals surface area contributed by atoms with E-state index in [2.05, 4.69) is 195 Å². The molecule has 0 aliphatic rings. The molecule has 0 fully saturated rings. The van der Waals surface area contributed by atoms with Gasteiger partial charge in [-0.1, -0.05) is 119 Å². The van der Waals surface area contributed by atoms with E-state index in [9.17, 15) is 0 Å². The van der Waals surface area contributed by atoms with Gasteiger partial charge in [-0.25, -0.2) is 0 Å². The summed E-state index contributed by atoms with van der Waals surface area (Å²) in [5, 5.41) is 6.62. The normalized spacial score (nSPS) is 11.5. The fourth-order valence-electron chi connectivity index (χ4n) is 7.38. The van der Waals surface area contributed by atoms with E-state index in [1.165, 1.54) is 22.3 Å². The molecule has 8 aromatic carbocycles. The van der Waals surface area contributed by atoms with E-state index in [1.54, 1.807) is 0 Å². The summed E-state index contributed by atoms with van der Waals surface area (Å²) in [4.78, 5) is 4.76. The third-order valence-corrected chi connectivity index (χ3v) is 10.1. The topological polar surface area (TPSA) is 19.6 Å². The lowest BCUT2D eigenvalue weighted by Crippen LogP contribution is -2.11. The summed E-state index contributed by atoms with van der Waals surface area (Å²) in [6.07, 6.45) is 0. The molecular formula is C48H38N2O. The minimum Gasteiger partial charge on any atom is -0.455 e. The zero-order chi connectivity index (χ0) is 34.6. The fourth-order valence-corrected chi connectivity index (χ4v) is 7.38. The molecule has 3 heteroatoms. The average Bonchev–Trinajstić information content (AvgIpc) is 3.54. The first-order valence-corrected chi connectivity index (χ1v) is 17.6. The van der Waals surface area contributed by atoms with Crippen molar-refractivity contribution in [2.24, 2.45) is 0 Å². The summed E-state index contributed by atoms with van der Waals surface area (Å²) in [5.74, 6) is 0. The number of aryl methyl sites for hydroxylation is 4. The van der Waals surface area contributed by atoms with E-state index >= 15 is 0 Å². The Morgan fingerprint density at radius 1 is 0.314 bits per heavy atom. The zero-order valence-corrected chi connectivity index (χ0v) is 29.3. The molecule has 0 saturated heterocycles. The van der Waals surface area contributed by atoms with Gasteiger partial charge in [0, 0.05) is 55.1 Å². The molecule has 0 N–H and O–H groups in total. The van der Waals surface area contributed by atoms with Gasteiger partial charge in [0.15, 0.2) is 0 Å². The van der Waals surface area contributed by atoms with E-state index < -0.39 is 0 Å². The van der Waals surface area contributed by atoms with Crippen LogP contribution in [0.2, 0.25) is 0 Å². The summed E-state index contributed by atoms with van der Waals surface area (Å²) < 4.78 is 7.00. The minimum atomic E-state index is 0.900. The summed E-state index contributed by atoms with van der Waals surface area (Å²) in [6, 6.07) is 57.2. The molecule has 51 heavy (non-hydrogen) atoms. The van der Waals surface area contributed by atoms with Crippen molar-refractivity contribution in [3.63, 3.8) is 0 Å². The molecule has 0 aliphatic heterocycles. The van der Waals surface area contributed by atoms with Crippen molar-refractivity contribution < 1.29 is 4.42 Å². The second-order valence-electron chi connectivity index (χ2n) is 13.8. The molecule has 1 aromatic heterocycles. The number of fused-ring (bicyclic) bond motifs is 7. The van der Waals surface area contributed by atoms with Gasteiger partial charge in [-0.2, -0.15) is 0 Å². The Bertz CT molecular complexity index is 2420. The lowest BCUT2D eigenvalue weighted by molar-refractivity contribution is 0.676. The lowest BCUT2D eigenvalue weighted by atomic mass is 9.99. The molecule has 0 atom stereocenters. The molecule has 0 spiro atoms. The predicted octanol–water partition coefficient (Wildman–Crippen LogP) is 14.1. The monoisotopic (exact) mass is 658 g/mol. The van der Waals surface area contributed by atoms with E-state index in [-0.39, 0.29) is 0 Å². The number of rotatable bonds is 6. The van der Waals surface area contributed by atoms with Gasteiger partial charge < -0.3 is 14.2 Å². The molecule has 246 valence electrons. The first kappa shape index (κ1) is 30.7. The summed E-state index contributed by atoms with van der Waals surface area (Å²) in [6.45, 7) is 8.55. The van der Waals surface area contributed by atoms with Crippen molar-refractivity contribution in [1.82, 2.24) is 0 Å². The molecule has 3 nitrogen and oxygen atoms in total. The highest BCUT2D eigenvalue weighted by atomic mass is 16.3. The van der Waals surface area contributed by atoms with Gasteiger partial charge in [-0.15, -0.1) is 0 Å². The van der Waals surface area contributed by atoms with Crippen LogP contribution in [-0.2, 0) is 0 Å². The Morgan fingerprint density at radius 2 is 0.588 bits per heavy atom. The maximum Gasteiger partial charge on any atom is 0.143 e. The Hall–Kier alpha value is -6.32. The zero-order valence-electron chi connectivity index (χ0n) is 29.3. The largest absolute Gasteiger partial charge is 0.455 e. The third-order valence-electron chi connectivity index (χ3n) is 10.1. The fraction of sp³-hybridized carbons (Fsp3) is 0.0833. The lowest BCUT2D eigenvalue weighted by Gasteiger charge is -2.28. The maximum atomic E-state index is 7.00. The molecule has 0 bridgehead atoms. The molecular weight excluding hydrogens is 621 g/mol. The van der Waals surface area contributed by atoms with Crippen LogP contribution in [0.5, 0.6) is 0 Å². The molecule has 0 aliphatic carbocycles. The Labute approximate surface area is 298 Å². The highest BCUT2D eigenvalue weighted by Crippen LogP contribution is 2.48. The molecule has 9 aromatic rings. The van der Waals surface area contributed by atoms with Gasteiger partial charge in [-0.05, 0) is 88.4 Å². The van der Waals surface area contributed by atoms with Crippen LogP contribution in [0.15, 0.2) is 162 Å². The predicted molar refractivity (Wildman–Crippen MR) is 217 cm³/mol. The van der Waals surface area contributed by atoms with Crippen LogP contribution >= 0.6 is 0 Å². The van der Waals surface area contributed by atoms with Crippen LogP contribution in [0.25, 0.3) is 43.5 Å². The van der Waals surface area contributed by atoms with Crippen molar-refractivity contribution in [2.75, 3.05) is 9.80 Å². The van der Waals surface area contributed by atoms with Crippen LogP contribution < -0.4 is 9.80 Å². The highest BCUT2D eigenvalue weighted by Gasteiger charge is 2.24. The Balaban J connectivity index is 1.38. The molecule has 0 radical (unpaired) electrons. The van der Waals surface area contributed by atoms with Gasteiger partial charge in [-0.3, -0.25) is 0 Å². The molecule has 0 saturated carbocycles. The Kier molecular flexibility index (Phi) is 7.36. The van der Waals surface area contributed by atoms with Gasteiger partial charge in [0.25, 0.3) is 0 Å². The van der Waals surface area contributed by atoms with Crippen LogP contribution in [-0.4, -0.2) is 0 Å². The van der Waals surface area contributed by atoms with Crippen molar-refractivity contribution in [1.29, 1.82) is 0 Å². The number of hydrogen-bond acceptors (Lipinski definition) is 3. The van der Waals surface area contributed by atoms with E-state index in [1.807, 2.05) is 0 Å². The van der Waals surface area contributed by atoms with Crippen molar-refractivity contribution in [2.45, 2.75) is 27.7 Å². The maximum absolute atomic E-state index is 7.00. The second-order valence-corrected chi connectivity index (χ2v) is 13.8. The summed E-state index contributed by atoms with van der Waals surface area (Å²) in [7, 11) is 0. The molecule has 0 unspecified atom stereocenters. The van der Waals surface area contributed by atoms with Crippen LogP contribution in [0.3, 0.4) is 0 Å². The highest BCUT2D eigenvalue weighted by molar-refractivity contribution is 6.25. The number of nitrogens with zero attached hydrogens (tertiary/aromatic N) is 2. The number of furan rings is 1. The SMILES string of the molecule is Cc1ccc(N(c2ccc(C)cc2)c2cc3c4cc(N(c5ccc(C)cc5)c5ccc(C)cc5)c5ccccc5c4oc3c3ccccc23)cc1. The standard InChI is InChI=1S/C48H38N2O/c1-31-13-21-35(22-14-31)49(36-23-15-32(2)16-24-36)45-29-43-44-30-46(50(37-25-17-33(3)18-26-37)38-27-19-34(4)20-28-38)40-10-6-8-12-42(40)48(44)51-47(43)41-11-7-5-9-39(41)45/h5-30H,1-4H3. The molecule has 1 heterocycles. The van der Waals surface area contributed by atoms with Gasteiger partial charge >= 0.3 is 0 Å². The van der Waals surface area contributed by atoms with Crippen molar-refractivity contribution in [3.05, 3.63) is 180 Å². The van der Waals surface area contributed by atoms with Gasteiger partial charge in [0.05, 0.1) is 11.4 Å². The number of anilines is 6. The van der Waals surface area contributed by atoms with Crippen molar-refractivity contribution >= 4 is 77.6 Å². The minimum absolute atomic E-state index is 0.900. The van der Waals surface area contributed by atoms with Crippen molar-refractivity contribution in [3.8, 4) is 0 Å². The van der Waals surface area contributed by atoms with Gasteiger partial charge in [0.1, 0.15) is 11.2 Å². The van der Waals surface area contributed by atoms with Crippen LogP contribution in [0, 0.1) is 27.7 Å². The van der Waals surface area contributed by atoms with E-state index in [0.29, 0.717) is 0 Å². The first-order chi connectivity index (χ1) is 24.9. The molecule has 9 rings (SSSR count). The summed E-state index contributed by atoms with van der Waals surface area (Å²) in [5.41, 5.74) is 13.4. The smallest absolute Gasteiger partial charge is 0.143 e. The van der Waals surface area contributed by atoms with Gasteiger partial charge in [0.2, 0.25) is 0 Å². The average molecular weight is 659 g/mol.